The Bertz CT molecular complexity index is 953. The van der Waals surface area contributed by atoms with E-state index in [1.165, 1.54) is 12.1 Å². The van der Waals surface area contributed by atoms with Crippen LogP contribution in [0.2, 0.25) is 5.02 Å². The maximum Gasteiger partial charge on any atom is 0.255 e. The van der Waals surface area contributed by atoms with Crippen molar-refractivity contribution >= 4 is 40.5 Å². The Morgan fingerprint density at radius 3 is 2.59 bits per heavy atom. The van der Waals surface area contributed by atoms with E-state index in [4.69, 9.17) is 23.8 Å². The molecule has 0 spiro atoms. The fourth-order valence-electron chi connectivity index (χ4n) is 3.07. The Kier molecular flexibility index (Phi) is 5.48. The highest BCUT2D eigenvalue weighted by molar-refractivity contribution is 7.80. The van der Waals surface area contributed by atoms with E-state index in [9.17, 15) is 9.18 Å². The molecule has 0 saturated carbocycles. The predicted molar refractivity (Wildman–Crippen MR) is 110 cm³/mol. The molecule has 0 bridgehead atoms. The second kappa shape index (κ2) is 7.66. The molecule has 0 aliphatic carbocycles. The molecule has 3 rings (SSSR count). The number of aryl methyl sites for hydroxylation is 1. The fourth-order valence-corrected chi connectivity index (χ4v) is 3.62. The van der Waals surface area contributed by atoms with Crippen molar-refractivity contribution in [3.63, 3.8) is 0 Å². The number of amides is 1. The SMILES string of the molecule is CC1=C(C(=O)Nc2cccc(C)c2C)[C@@H](c2c(F)cccc2Cl)NC(=S)N1. The Balaban J connectivity index is 2.04. The summed E-state index contributed by atoms with van der Waals surface area (Å²) < 4.78 is 14.5. The first kappa shape index (κ1) is 19.3. The van der Waals surface area contributed by atoms with E-state index in [-0.39, 0.29) is 16.5 Å². The molecule has 3 N–H and O–H groups in total. The second-order valence-electron chi connectivity index (χ2n) is 6.41. The molecule has 0 aromatic heterocycles. The molecule has 140 valence electrons. The van der Waals surface area contributed by atoms with Gasteiger partial charge in [-0.05, 0) is 62.3 Å². The summed E-state index contributed by atoms with van der Waals surface area (Å²) in [5, 5.41) is 9.35. The summed E-state index contributed by atoms with van der Waals surface area (Å²) in [4.78, 5) is 13.1. The van der Waals surface area contributed by atoms with Crippen LogP contribution in [0.25, 0.3) is 0 Å². The molecular formula is C20H19ClFN3OS. The molecule has 1 aliphatic rings. The summed E-state index contributed by atoms with van der Waals surface area (Å²) in [6.07, 6.45) is 0. The highest BCUT2D eigenvalue weighted by atomic mass is 35.5. The predicted octanol–water partition coefficient (Wildman–Crippen LogP) is 4.53. The molecule has 1 amide bonds. The first-order valence-electron chi connectivity index (χ1n) is 8.39. The van der Waals surface area contributed by atoms with Gasteiger partial charge in [-0.3, -0.25) is 4.79 Å². The quantitative estimate of drug-likeness (QED) is 0.659. The molecule has 0 saturated heterocycles. The normalized spacial score (nSPS) is 16.6. The molecule has 0 radical (unpaired) electrons. The lowest BCUT2D eigenvalue weighted by molar-refractivity contribution is -0.113. The molecule has 4 nitrogen and oxygen atoms in total. The van der Waals surface area contributed by atoms with Crippen molar-refractivity contribution in [2.75, 3.05) is 5.32 Å². The maximum atomic E-state index is 14.5. The van der Waals surface area contributed by atoms with Gasteiger partial charge in [0.25, 0.3) is 5.91 Å². The lowest BCUT2D eigenvalue weighted by Crippen LogP contribution is -2.46. The molecular weight excluding hydrogens is 385 g/mol. The summed E-state index contributed by atoms with van der Waals surface area (Å²) in [6, 6.07) is 9.29. The van der Waals surface area contributed by atoms with Crippen molar-refractivity contribution in [2.24, 2.45) is 0 Å². The van der Waals surface area contributed by atoms with Crippen LogP contribution in [0.4, 0.5) is 10.1 Å². The van der Waals surface area contributed by atoms with E-state index < -0.39 is 11.9 Å². The van der Waals surface area contributed by atoms with Gasteiger partial charge in [0.05, 0.1) is 11.6 Å². The summed E-state index contributed by atoms with van der Waals surface area (Å²) in [7, 11) is 0. The summed E-state index contributed by atoms with van der Waals surface area (Å²) in [5.41, 5.74) is 3.80. The number of benzene rings is 2. The minimum Gasteiger partial charge on any atom is -0.351 e. The van der Waals surface area contributed by atoms with E-state index in [0.29, 0.717) is 22.1 Å². The van der Waals surface area contributed by atoms with Gasteiger partial charge in [0.2, 0.25) is 0 Å². The first-order chi connectivity index (χ1) is 12.8. The third kappa shape index (κ3) is 3.82. The minimum atomic E-state index is -0.794. The van der Waals surface area contributed by atoms with Gasteiger partial charge in [-0.2, -0.15) is 0 Å². The minimum absolute atomic E-state index is 0.188. The molecule has 7 heteroatoms. The van der Waals surface area contributed by atoms with E-state index in [1.54, 1.807) is 13.0 Å². The molecule has 27 heavy (non-hydrogen) atoms. The number of allylic oxidation sites excluding steroid dienone is 1. The van der Waals surface area contributed by atoms with Crippen LogP contribution in [0.3, 0.4) is 0 Å². The van der Waals surface area contributed by atoms with Gasteiger partial charge in [-0.25, -0.2) is 4.39 Å². The third-order valence-electron chi connectivity index (χ3n) is 4.65. The van der Waals surface area contributed by atoms with Gasteiger partial charge in [-0.1, -0.05) is 29.8 Å². The highest BCUT2D eigenvalue weighted by Crippen LogP contribution is 2.34. The van der Waals surface area contributed by atoms with Crippen LogP contribution in [0.1, 0.15) is 29.7 Å². The fraction of sp³-hybridized carbons (Fsp3) is 0.200. The van der Waals surface area contributed by atoms with Gasteiger partial charge in [-0.15, -0.1) is 0 Å². The number of halogens is 2. The second-order valence-corrected chi connectivity index (χ2v) is 7.22. The van der Waals surface area contributed by atoms with Gasteiger partial charge in [0.15, 0.2) is 5.11 Å². The molecule has 2 aromatic rings. The van der Waals surface area contributed by atoms with Crippen LogP contribution < -0.4 is 16.0 Å². The largest absolute Gasteiger partial charge is 0.351 e. The number of carbonyl (C=O) groups is 1. The summed E-state index contributed by atoms with van der Waals surface area (Å²) in [6.45, 7) is 5.64. The molecule has 1 heterocycles. The molecule has 1 aliphatic heterocycles. The number of anilines is 1. The number of hydrogen-bond acceptors (Lipinski definition) is 2. The summed E-state index contributed by atoms with van der Waals surface area (Å²) in [5.74, 6) is -0.859. The van der Waals surface area contributed by atoms with Crippen LogP contribution in [0.5, 0.6) is 0 Å². The summed E-state index contributed by atoms with van der Waals surface area (Å²) >= 11 is 11.4. The van der Waals surface area contributed by atoms with E-state index in [1.807, 2.05) is 32.0 Å². The Hall–Kier alpha value is -2.44. The Morgan fingerprint density at radius 1 is 1.19 bits per heavy atom. The Labute approximate surface area is 167 Å². The van der Waals surface area contributed by atoms with E-state index in [2.05, 4.69) is 16.0 Å². The maximum absolute atomic E-state index is 14.5. The van der Waals surface area contributed by atoms with Gasteiger partial charge in [0.1, 0.15) is 5.82 Å². The first-order valence-corrected chi connectivity index (χ1v) is 9.18. The average molecular weight is 404 g/mol. The number of carbonyl (C=O) groups excluding carboxylic acids is 1. The third-order valence-corrected chi connectivity index (χ3v) is 5.20. The Morgan fingerprint density at radius 2 is 1.89 bits per heavy atom. The standard InChI is InChI=1S/C20H19ClFN3OS/c1-10-6-4-9-15(11(10)2)24-19(26)16-12(3)23-20(27)25-18(16)17-13(21)7-5-8-14(17)22/h4-9,18H,1-3H3,(H,24,26)(H2,23,25,27)/t18-/m0/s1. The van der Waals surface area contributed by atoms with Crippen molar-refractivity contribution < 1.29 is 9.18 Å². The van der Waals surface area contributed by atoms with Crippen LogP contribution in [-0.4, -0.2) is 11.0 Å². The van der Waals surface area contributed by atoms with E-state index in [0.717, 1.165) is 11.1 Å². The zero-order valence-corrected chi connectivity index (χ0v) is 16.7. The van der Waals surface area contributed by atoms with Gasteiger partial charge in [0, 0.05) is 22.0 Å². The van der Waals surface area contributed by atoms with Gasteiger partial charge < -0.3 is 16.0 Å². The number of rotatable bonds is 3. The molecule has 2 aromatic carbocycles. The number of nitrogens with one attached hydrogen (secondary N) is 3. The number of hydrogen-bond donors (Lipinski definition) is 3. The van der Waals surface area contributed by atoms with Crippen LogP contribution in [0.15, 0.2) is 47.7 Å². The number of thiocarbonyl (C=S) groups is 1. The lowest BCUT2D eigenvalue weighted by Gasteiger charge is -2.31. The highest BCUT2D eigenvalue weighted by Gasteiger charge is 2.33. The van der Waals surface area contributed by atoms with E-state index >= 15 is 0 Å². The molecule has 1 atom stereocenters. The van der Waals surface area contributed by atoms with Crippen molar-refractivity contribution in [2.45, 2.75) is 26.8 Å². The smallest absolute Gasteiger partial charge is 0.255 e. The van der Waals surface area contributed by atoms with Crippen molar-refractivity contribution in [1.29, 1.82) is 0 Å². The van der Waals surface area contributed by atoms with Crippen molar-refractivity contribution in [3.8, 4) is 0 Å². The lowest BCUT2D eigenvalue weighted by atomic mass is 9.94. The van der Waals surface area contributed by atoms with Crippen molar-refractivity contribution in [1.82, 2.24) is 10.6 Å². The van der Waals surface area contributed by atoms with Crippen molar-refractivity contribution in [3.05, 3.63) is 75.2 Å². The zero-order valence-electron chi connectivity index (χ0n) is 15.1. The average Bonchev–Trinajstić information content (AvgIpc) is 2.58. The molecule has 0 unspecified atom stereocenters. The molecule has 0 fully saturated rings. The zero-order chi connectivity index (χ0) is 19.7. The topological polar surface area (TPSA) is 53.2 Å². The van der Waals surface area contributed by atoms with Crippen LogP contribution in [-0.2, 0) is 4.79 Å². The van der Waals surface area contributed by atoms with Gasteiger partial charge >= 0.3 is 0 Å². The van der Waals surface area contributed by atoms with Crippen LogP contribution in [0, 0.1) is 19.7 Å². The monoisotopic (exact) mass is 403 g/mol. The van der Waals surface area contributed by atoms with Crippen LogP contribution >= 0.6 is 23.8 Å².